The molecule has 0 aromatic rings. The summed E-state index contributed by atoms with van der Waals surface area (Å²) in [6, 6.07) is -0.112. The lowest BCUT2D eigenvalue weighted by atomic mass is 10.1. The van der Waals surface area contributed by atoms with E-state index >= 15 is 0 Å². The van der Waals surface area contributed by atoms with Crippen LogP contribution in [-0.2, 0) is 14.3 Å². The Morgan fingerprint density at radius 1 is 1.11 bits per heavy atom. The molecule has 0 aromatic heterocycles. The molecule has 1 N–H and O–H groups in total. The number of nitrogens with zero attached hydrogens (tertiary/aromatic N) is 1. The molecular weight excluding hydrogens is 244 g/mol. The van der Waals surface area contributed by atoms with Crippen LogP contribution < -0.4 is 5.32 Å². The van der Waals surface area contributed by atoms with E-state index < -0.39 is 0 Å². The van der Waals surface area contributed by atoms with E-state index in [4.69, 9.17) is 4.74 Å². The van der Waals surface area contributed by atoms with E-state index in [2.05, 4.69) is 5.32 Å². The number of rotatable bonds is 10. The van der Waals surface area contributed by atoms with Crippen LogP contribution >= 0.6 is 0 Å². The number of carbonyl (C=O) groups excluding carboxylic acids is 2. The standard InChI is InChI=1S/C14H28N2O3/c1-12(14(18)16(3)4)15-10-8-6-5-7-9-11-19-13(2)17/h12,15H,5-11H2,1-4H3/t12-/m0/s1. The van der Waals surface area contributed by atoms with Gasteiger partial charge in [0.25, 0.3) is 0 Å². The van der Waals surface area contributed by atoms with Crippen molar-refractivity contribution in [2.24, 2.45) is 0 Å². The topological polar surface area (TPSA) is 58.6 Å². The smallest absolute Gasteiger partial charge is 0.302 e. The summed E-state index contributed by atoms with van der Waals surface area (Å²) in [5.74, 6) is -0.0925. The average molecular weight is 272 g/mol. The highest BCUT2D eigenvalue weighted by atomic mass is 16.5. The fraction of sp³-hybridized carbons (Fsp3) is 0.857. The van der Waals surface area contributed by atoms with Gasteiger partial charge in [-0.15, -0.1) is 0 Å². The molecule has 5 nitrogen and oxygen atoms in total. The minimum Gasteiger partial charge on any atom is -0.466 e. The van der Waals surface area contributed by atoms with Gasteiger partial charge in [-0.3, -0.25) is 9.59 Å². The summed E-state index contributed by atoms with van der Waals surface area (Å²) in [6.07, 6.45) is 5.36. The predicted octanol–water partition coefficient (Wildman–Crippen LogP) is 1.57. The molecule has 0 aliphatic carbocycles. The fourth-order valence-corrected chi connectivity index (χ4v) is 1.77. The lowest BCUT2D eigenvalue weighted by Crippen LogP contribution is -2.41. The van der Waals surface area contributed by atoms with Crippen molar-refractivity contribution < 1.29 is 14.3 Å². The van der Waals surface area contributed by atoms with Crippen molar-refractivity contribution in [2.45, 2.75) is 52.0 Å². The van der Waals surface area contributed by atoms with Crippen LogP contribution in [0.5, 0.6) is 0 Å². The molecule has 0 spiro atoms. The Bertz CT molecular complexity index is 267. The lowest BCUT2D eigenvalue weighted by molar-refractivity contribution is -0.141. The van der Waals surface area contributed by atoms with Gasteiger partial charge >= 0.3 is 5.97 Å². The fourth-order valence-electron chi connectivity index (χ4n) is 1.77. The Labute approximate surface area is 116 Å². The summed E-state index contributed by atoms with van der Waals surface area (Å²) in [5, 5.41) is 3.22. The van der Waals surface area contributed by atoms with Crippen LogP contribution in [0.25, 0.3) is 0 Å². The molecular formula is C14H28N2O3. The normalized spacial score (nSPS) is 12.0. The highest BCUT2D eigenvalue weighted by molar-refractivity contribution is 5.80. The van der Waals surface area contributed by atoms with Crippen molar-refractivity contribution in [1.82, 2.24) is 10.2 Å². The molecule has 5 heteroatoms. The maximum Gasteiger partial charge on any atom is 0.302 e. The maximum atomic E-state index is 11.6. The number of likely N-dealkylation sites (N-methyl/N-ethyl adjacent to an activating group) is 1. The first kappa shape index (κ1) is 17.9. The molecule has 0 bridgehead atoms. The van der Waals surface area contributed by atoms with Gasteiger partial charge in [-0.1, -0.05) is 19.3 Å². The molecule has 0 rings (SSSR count). The molecule has 19 heavy (non-hydrogen) atoms. The minimum atomic E-state index is -0.205. The minimum absolute atomic E-state index is 0.112. The van der Waals surface area contributed by atoms with E-state index in [9.17, 15) is 9.59 Å². The monoisotopic (exact) mass is 272 g/mol. The van der Waals surface area contributed by atoms with E-state index in [0.29, 0.717) is 6.61 Å². The van der Waals surface area contributed by atoms with E-state index in [1.807, 2.05) is 6.92 Å². The van der Waals surface area contributed by atoms with Crippen molar-refractivity contribution in [2.75, 3.05) is 27.2 Å². The highest BCUT2D eigenvalue weighted by Gasteiger charge is 2.12. The number of amides is 1. The SMILES string of the molecule is CC(=O)OCCCCCCCN[C@@H](C)C(=O)N(C)C. The first-order valence-electron chi connectivity index (χ1n) is 7.03. The number of carbonyl (C=O) groups is 2. The van der Waals surface area contributed by atoms with Gasteiger partial charge < -0.3 is 15.0 Å². The van der Waals surface area contributed by atoms with Crippen LogP contribution in [0.1, 0.15) is 46.0 Å². The highest BCUT2D eigenvalue weighted by Crippen LogP contribution is 2.03. The third-order valence-electron chi connectivity index (χ3n) is 2.89. The zero-order valence-corrected chi connectivity index (χ0v) is 12.7. The zero-order chi connectivity index (χ0) is 14.7. The summed E-state index contributed by atoms with van der Waals surface area (Å²) in [5.41, 5.74) is 0. The van der Waals surface area contributed by atoms with Crippen LogP contribution in [-0.4, -0.2) is 50.1 Å². The molecule has 0 heterocycles. The van der Waals surface area contributed by atoms with Gasteiger partial charge in [-0.2, -0.15) is 0 Å². The third-order valence-corrected chi connectivity index (χ3v) is 2.89. The summed E-state index contributed by atoms with van der Waals surface area (Å²) >= 11 is 0. The number of esters is 1. The van der Waals surface area contributed by atoms with E-state index in [0.717, 1.165) is 38.6 Å². The second kappa shape index (κ2) is 10.8. The van der Waals surface area contributed by atoms with Gasteiger partial charge in [-0.25, -0.2) is 0 Å². The zero-order valence-electron chi connectivity index (χ0n) is 12.7. The Balaban J connectivity index is 3.31. The molecule has 0 saturated heterocycles. The second-order valence-corrected chi connectivity index (χ2v) is 5.02. The Morgan fingerprint density at radius 3 is 2.26 bits per heavy atom. The second-order valence-electron chi connectivity index (χ2n) is 5.02. The molecule has 0 aliphatic rings. The summed E-state index contributed by atoms with van der Waals surface area (Å²) in [6.45, 7) is 4.72. The largest absolute Gasteiger partial charge is 0.466 e. The van der Waals surface area contributed by atoms with Crippen LogP contribution in [0.15, 0.2) is 0 Å². The van der Waals surface area contributed by atoms with E-state index in [-0.39, 0.29) is 17.9 Å². The van der Waals surface area contributed by atoms with Crippen LogP contribution in [0.4, 0.5) is 0 Å². The van der Waals surface area contributed by atoms with Gasteiger partial charge in [-0.05, 0) is 26.3 Å². The van der Waals surface area contributed by atoms with Crippen molar-refractivity contribution in [3.63, 3.8) is 0 Å². The third kappa shape index (κ3) is 10.5. The molecule has 0 unspecified atom stereocenters. The Hall–Kier alpha value is -1.10. The van der Waals surface area contributed by atoms with Crippen LogP contribution in [0.2, 0.25) is 0 Å². The Morgan fingerprint density at radius 2 is 1.68 bits per heavy atom. The van der Waals surface area contributed by atoms with Gasteiger partial charge in [0.05, 0.1) is 12.6 Å². The number of hydrogen-bond acceptors (Lipinski definition) is 4. The van der Waals surface area contributed by atoms with E-state index in [1.54, 1.807) is 19.0 Å². The molecule has 1 amide bonds. The van der Waals surface area contributed by atoms with Crippen molar-refractivity contribution >= 4 is 11.9 Å². The van der Waals surface area contributed by atoms with Crippen molar-refractivity contribution in [3.05, 3.63) is 0 Å². The predicted molar refractivity (Wildman–Crippen MR) is 75.9 cm³/mol. The van der Waals surface area contributed by atoms with Crippen LogP contribution in [0, 0.1) is 0 Å². The molecule has 1 atom stereocenters. The van der Waals surface area contributed by atoms with E-state index in [1.165, 1.54) is 6.92 Å². The maximum absolute atomic E-state index is 11.6. The lowest BCUT2D eigenvalue weighted by Gasteiger charge is -2.17. The number of ether oxygens (including phenoxy) is 1. The number of hydrogen-bond donors (Lipinski definition) is 1. The van der Waals surface area contributed by atoms with Crippen molar-refractivity contribution in [1.29, 1.82) is 0 Å². The first-order valence-corrected chi connectivity index (χ1v) is 7.03. The molecule has 0 saturated carbocycles. The summed E-state index contributed by atoms with van der Waals surface area (Å²) < 4.78 is 4.86. The van der Waals surface area contributed by atoms with Gasteiger partial charge in [0.1, 0.15) is 0 Å². The molecule has 0 radical (unpaired) electrons. The molecule has 0 aromatic carbocycles. The molecule has 0 aliphatic heterocycles. The Kier molecular flexibility index (Phi) is 10.2. The first-order chi connectivity index (χ1) is 8.95. The quantitative estimate of drug-likeness (QED) is 0.484. The number of unbranched alkanes of at least 4 members (excludes halogenated alkanes) is 4. The van der Waals surface area contributed by atoms with Gasteiger partial charge in [0.2, 0.25) is 5.91 Å². The molecule has 112 valence electrons. The van der Waals surface area contributed by atoms with Gasteiger partial charge in [0, 0.05) is 21.0 Å². The summed E-state index contributed by atoms with van der Waals surface area (Å²) in [7, 11) is 3.53. The molecule has 0 fully saturated rings. The summed E-state index contributed by atoms with van der Waals surface area (Å²) in [4.78, 5) is 23.7. The average Bonchev–Trinajstić information content (AvgIpc) is 2.35. The van der Waals surface area contributed by atoms with Crippen molar-refractivity contribution in [3.8, 4) is 0 Å². The number of nitrogens with one attached hydrogen (secondary N) is 1. The van der Waals surface area contributed by atoms with Crippen LogP contribution in [0.3, 0.4) is 0 Å². The van der Waals surface area contributed by atoms with Gasteiger partial charge in [0.15, 0.2) is 0 Å².